The summed E-state index contributed by atoms with van der Waals surface area (Å²) in [5.74, 6) is 0. The molecule has 1 aliphatic rings. The quantitative estimate of drug-likeness (QED) is 0.739. The molecule has 0 aliphatic carbocycles. The molecule has 0 aromatic heterocycles. The Hall–Kier alpha value is -0.810. The molecule has 0 spiro atoms. The molecule has 0 atom stereocenters. The molecule has 1 saturated heterocycles. The average Bonchev–Trinajstić information content (AvgIpc) is 2.46. The Balaban J connectivity index is 2.48. The normalized spacial score (nSPS) is 18.8. The summed E-state index contributed by atoms with van der Waals surface area (Å²) < 4.78 is 17.1. The van der Waals surface area contributed by atoms with Crippen LogP contribution in [0.4, 0.5) is 4.79 Å². The van der Waals surface area contributed by atoms with E-state index in [1.165, 1.54) is 0 Å². The molecule has 0 N–H and O–H groups in total. The average molecular weight is 329 g/mol. The number of nitrogens with zero attached hydrogens (tertiary/aromatic N) is 1. The zero-order chi connectivity index (χ0) is 17.7. The van der Waals surface area contributed by atoms with Crippen molar-refractivity contribution in [1.82, 2.24) is 4.90 Å². The fourth-order valence-corrected chi connectivity index (χ4v) is 2.64. The predicted molar refractivity (Wildman–Crippen MR) is 91.7 cm³/mol. The minimum Gasteiger partial charge on any atom is -0.444 e. The maximum Gasteiger partial charge on any atom is 0.410 e. The first-order chi connectivity index (χ1) is 10.5. The van der Waals surface area contributed by atoms with Crippen molar-refractivity contribution in [3.8, 4) is 0 Å². The van der Waals surface area contributed by atoms with E-state index >= 15 is 0 Å². The minimum atomic E-state index is -0.446. The van der Waals surface area contributed by atoms with Gasteiger partial charge in [0.2, 0.25) is 0 Å². The van der Waals surface area contributed by atoms with Crippen molar-refractivity contribution < 1.29 is 19.0 Å². The van der Waals surface area contributed by atoms with Gasteiger partial charge in [0.15, 0.2) is 0 Å². The first kappa shape index (κ1) is 20.2. The van der Waals surface area contributed by atoms with Crippen LogP contribution in [0.25, 0.3) is 0 Å². The smallest absolute Gasteiger partial charge is 0.410 e. The molecule has 0 bridgehead atoms. The molecule has 1 amide bonds. The van der Waals surface area contributed by atoms with Crippen LogP contribution in [-0.4, -0.2) is 54.6 Å². The van der Waals surface area contributed by atoms with Crippen LogP contribution in [0, 0.1) is 0 Å². The number of amides is 1. The summed E-state index contributed by atoms with van der Waals surface area (Å²) in [5, 5.41) is 0. The molecule has 1 fully saturated rings. The predicted octanol–water partition coefficient (Wildman–Crippen LogP) is 4.00. The van der Waals surface area contributed by atoms with E-state index in [4.69, 9.17) is 14.2 Å². The Labute approximate surface area is 141 Å². The zero-order valence-electron chi connectivity index (χ0n) is 16.0. The second-order valence-electron chi connectivity index (χ2n) is 8.07. The van der Waals surface area contributed by atoms with E-state index in [9.17, 15) is 4.79 Å². The van der Waals surface area contributed by atoms with E-state index in [0.29, 0.717) is 19.7 Å². The number of piperidine rings is 1. The molecule has 136 valence electrons. The van der Waals surface area contributed by atoms with Crippen molar-refractivity contribution in [3.05, 3.63) is 0 Å². The summed E-state index contributed by atoms with van der Waals surface area (Å²) in [6.45, 7) is 14.0. The number of likely N-dealkylation sites (tertiary alicyclic amines) is 1. The Kier molecular flexibility index (Phi) is 6.90. The summed E-state index contributed by atoms with van der Waals surface area (Å²) in [4.78, 5) is 13.9. The van der Waals surface area contributed by atoms with Crippen molar-refractivity contribution in [3.63, 3.8) is 0 Å². The third-order valence-corrected chi connectivity index (χ3v) is 4.64. The van der Waals surface area contributed by atoms with Gasteiger partial charge in [-0.1, -0.05) is 6.92 Å². The molecule has 5 nitrogen and oxygen atoms in total. The SMILES string of the molecule is CCC1(OCCC(C)(C)OC)CCN(C(=O)OC(C)(C)C)CC1. The van der Waals surface area contributed by atoms with E-state index in [1.54, 1.807) is 12.0 Å². The summed E-state index contributed by atoms with van der Waals surface area (Å²) in [6.07, 6.45) is 3.32. The third kappa shape index (κ3) is 6.68. The molecule has 1 heterocycles. The molecule has 1 aliphatic heterocycles. The monoisotopic (exact) mass is 329 g/mol. The van der Waals surface area contributed by atoms with Gasteiger partial charge in [-0.25, -0.2) is 4.79 Å². The van der Waals surface area contributed by atoms with Crippen molar-refractivity contribution >= 4 is 6.09 Å². The van der Waals surface area contributed by atoms with Gasteiger partial charge in [0.05, 0.1) is 17.8 Å². The zero-order valence-corrected chi connectivity index (χ0v) is 16.0. The van der Waals surface area contributed by atoms with E-state index in [0.717, 1.165) is 25.7 Å². The molecule has 0 unspecified atom stereocenters. The van der Waals surface area contributed by atoms with Crippen LogP contribution in [0.15, 0.2) is 0 Å². The second-order valence-corrected chi connectivity index (χ2v) is 8.07. The lowest BCUT2D eigenvalue weighted by atomic mass is 9.88. The van der Waals surface area contributed by atoms with E-state index in [-0.39, 0.29) is 17.3 Å². The van der Waals surface area contributed by atoms with Gasteiger partial charge in [-0.3, -0.25) is 0 Å². The van der Waals surface area contributed by atoms with Crippen molar-refractivity contribution in [2.24, 2.45) is 0 Å². The summed E-state index contributed by atoms with van der Waals surface area (Å²) >= 11 is 0. The van der Waals surface area contributed by atoms with Gasteiger partial charge in [0.1, 0.15) is 5.60 Å². The molecule has 23 heavy (non-hydrogen) atoms. The van der Waals surface area contributed by atoms with Crippen molar-refractivity contribution in [2.45, 2.75) is 84.0 Å². The van der Waals surface area contributed by atoms with E-state index < -0.39 is 5.60 Å². The Morgan fingerprint density at radius 2 is 1.70 bits per heavy atom. The molecule has 0 aromatic rings. The largest absolute Gasteiger partial charge is 0.444 e. The molecular weight excluding hydrogens is 294 g/mol. The van der Waals surface area contributed by atoms with Gasteiger partial charge in [-0.05, 0) is 60.3 Å². The number of methoxy groups -OCH3 is 1. The van der Waals surface area contributed by atoms with Gasteiger partial charge in [0, 0.05) is 20.2 Å². The molecule has 0 radical (unpaired) electrons. The highest BCUT2D eigenvalue weighted by molar-refractivity contribution is 5.68. The number of rotatable bonds is 6. The summed E-state index contributed by atoms with van der Waals surface area (Å²) in [5.41, 5.74) is -0.729. The number of hydrogen-bond acceptors (Lipinski definition) is 4. The first-order valence-corrected chi connectivity index (χ1v) is 8.69. The molecule has 1 rings (SSSR count). The molecule has 0 saturated carbocycles. The van der Waals surface area contributed by atoms with E-state index in [2.05, 4.69) is 20.8 Å². The first-order valence-electron chi connectivity index (χ1n) is 8.69. The van der Waals surface area contributed by atoms with Crippen LogP contribution in [0.1, 0.15) is 67.2 Å². The van der Waals surface area contributed by atoms with Gasteiger partial charge >= 0.3 is 6.09 Å². The van der Waals surface area contributed by atoms with Gasteiger partial charge in [0.25, 0.3) is 0 Å². The van der Waals surface area contributed by atoms with Gasteiger partial charge in [-0.15, -0.1) is 0 Å². The molecular formula is C18H35NO4. The standard InChI is InChI=1S/C18H35NO4/c1-8-18(22-14-11-17(5,6)21-7)9-12-19(13-10-18)15(20)23-16(2,3)4/h8-14H2,1-7H3. The van der Waals surface area contributed by atoms with Crippen molar-refractivity contribution in [2.75, 3.05) is 26.8 Å². The number of ether oxygens (including phenoxy) is 3. The molecule has 5 heteroatoms. The third-order valence-electron chi connectivity index (χ3n) is 4.64. The van der Waals surface area contributed by atoms with Crippen LogP contribution in [0.2, 0.25) is 0 Å². The number of carbonyl (C=O) groups is 1. The lowest BCUT2D eigenvalue weighted by molar-refractivity contribution is -0.103. The number of hydrogen-bond donors (Lipinski definition) is 0. The lowest BCUT2D eigenvalue weighted by Gasteiger charge is -2.41. The Morgan fingerprint density at radius 3 is 2.13 bits per heavy atom. The Morgan fingerprint density at radius 1 is 1.13 bits per heavy atom. The van der Waals surface area contributed by atoms with Crippen LogP contribution < -0.4 is 0 Å². The minimum absolute atomic E-state index is 0.123. The van der Waals surface area contributed by atoms with Crippen molar-refractivity contribution in [1.29, 1.82) is 0 Å². The van der Waals surface area contributed by atoms with Crippen LogP contribution in [0.5, 0.6) is 0 Å². The van der Waals surface area contributed by atoms with Gasteiger partial charge < -0.3 is 19.1 Å². The van der Waals surface area contributed by atoms with Crippen LogP contribution >= 0.6 is 0 Å². The summed E-state index contributed by atoms with van der Waals surface area (Å²) in [6, 6.07) is 0. The second kappa shape index (κ2) is 7.84. The highest BCUT2D eigenvalue weighted by Gasteiger charge is 2.37. The number of carbonyl (C=O) groups excluding carboxylic acids is 1. The maximum atomic E-state index is 12.1. The van der Waals surface area contributed by atoms with Gasteiger partial charge in [-0.2, -0.15) is 0 Å². The van der Waals surface area contributed by atoms with E-state index in [1.807, 2.05) is 20.8 Å². The summed E-state index contributed by atoms with van der Waals surface area (Å²) in [7, 11) is 1.73. The van der Waals surface area contributed by atoms with Crippen LogP contribution in [-0.2, 0) is 14.2 Å². The van der Waals surface area contributed by atoms with Crippen LogP contribution in [0.3, 0.4) is 0 Å². The highest BCUT2D eigenvalue weighted by Crippen LogP contribution is 2.31. The fraction of sp³-hybridized carbons (Fsp3) is 0.944. The highest BCUT2D eigenvalue weighted by atomic mass is 16.6. The lowest BCUT2D eigenvalue weighted by Crippen LogP contribution is -2.49. The maximum absolute atomic E-state index is 12.1. The molecule has 0 aromatic carbocycles. The topological polar surface area (TPSA) is 48.0 Å². The Bertz CT molecular complexity index is 379. The fourth-order valence-electron chi connectivity index (χ4n) is 2.64.